The summed E-state index contributed by atoms with van der Waals surface area (Å²) in [5, 5.41) is 9.23. The first-order valence-electron chi connectivity index (χ1n) is 6.46. The molecule has 0 unspecified atom stereocenters. The molecule has 0 amide bonds. The average molecular weight is 264 g/mol. The molecular weight excluding hydrogens is 248 g/mol. The van der Waals surface area contributed by atoms with Gasteiger partial charge in [-0.15, -0.1) is 0 Å². The van der Waals surface area contributed by atoms with Gasteiger partial charge in [0.2, 0.25) is 0 Å². The highest BCUT2D eigenvalue weighted by atomic mass is 16.4. The Morgan fingerprint density at radius 2 is 1.45 bits per heavy atom. The average Bonchev–Trinajstić information content (AvgIpc) is 2.48. The highest BCUT2D eigenvalue weighted by Gasteiger charge is 2.04. The molecule has 0 heterocycles. The van der Waals surface area contributed by atoms with Gasteiger partial charge in [0.05, 0.1) is 0 Å². The lowest BCUT2D eigenvalue weighted by atomic mass is 10.1. The summed E-state index contributed by atoms with van der Waals surface area (Å²) in [7, 11) is 0. The maximum atomic E-state index is 11.2. The second-order valence-electron chi connectivity index (χ2n) is 4.40. The third kappa shape index (κ3) is 4.25. The Labute approximate surface area is 118 Å². The normalized spacial score (nSPS) is 11.7. The van der Waals surface area contributed by atoms with E-state index < -0.39 is 5.97 Å². The molecule has 2 heteroatoms. The molecule has 0 aliphatic carbocycles. The van der Waals surface area contributed by atoms with E-state index in [1.807, 2.05) is 72.8 Å². The molecule has 0 spiro atoms. The van der Waals surface area contributed by atoms with Crippen molar-refractivity contribution in [3.8, 4) is 0 Å². The van der Waals surface area contributed by atoms with Gasteiger partial charge in [-0.2, -0.15) is 0 Å². The zero-order valence-electron chi connectivity index (χ0n) is 11.1. The minimum absolute atomic E-state index is 0.378. The molecular formula is C18H16O2. The van der Waals surface area contributed by atoms with Gasteiger partial charge in [-0.1, -0.05) is 72.8 Å². The molecule has 0 saturated carbocycles. The van der Waals surface area contributed by atoms with Crippen molar-refractivity contribution < 1.29 is 9.90 Å². The van der Waals surface area contributed by atoms with Gasteiger partial charge in [-0.3, -0.25) is 0 Å². The molecule has 0 aliphatic rings. The number of carbonyl (C=O) groups is 1. The molecule has 20 heavy (non-hydrogen) atoms. The Balaban J connectivity index is 2.09. The molecule has 0 fully saturated rings. The number of carboxylic acids is 1. The van der Waals surface area contributed by atoms with Crippen molar-refractivity contribution in [2.75, 3.05) is 0 Å². The van der Waals surface area contributed by atoms with Crippen molar-refractivity contribution in [1.29, 1.82) is 0 Å². The molecule has 2 aromatic rings. The van der Waals surface area contributed by atoms with Crippen molar-refractivity contribution in [3.05, 3.63) is 83.4 Å². The lowest BCUT2D eigenvalue weighted by Gasteiger charge is -1.99. The number of hydrogen-bond donors (Lipinski definition) is 1. The molecule has 0 bridgehead atoms. The Bertz CT molecular complexity index is 610. The first-order valence-corrected chi connectivity index (χ1v) is 6.46. The topological polar surface area (TPSA) is 37.3 Å². The van der Waals surface area contributed by atoms with Crippen molar-refractivity contribution in [1.82, 2.24) is 0 Å². The second-order valence-corrected chi connectivity index (χ2v) is 4.40. The van der Waals surface area contributed by atoms with Crippen molar-refractivity contribution >= 4 is 18.1 Å². The fourth-order valence-electron chi connectivity index (χ4n) is 1.84. The minimum Gasteiger partial charge on any atom is -0.478 e. The lowest BCUT2D eigenvalue weighted by molar-refractivity contribution is -0.132. The highest BCUT2D eigenvalue weighted by Crippen LogP contribution is 2.12. The van der Waals surface area contributed by atoms with E-state index in [1.54, 1.807) is 6.08 Å². The van der Waals surface area contributed by atoms with E-state index in [2.05, 4.69) is 0 Å². The zero-order chi connectivity index (χ0) is 14.2. The molecule has 2 nitrogen and oxygen atoms in total. The van der Waals surface area contributed by atoms with Gasteiger partial charge >= 0.3 is 5.97 Å². The molecule has 0 aromatic heterocycles. The van der Waals surface area contributed by atoms with Gasteiger partial charge in [0, 0.05) is 5.57 Å². The predicted octanol–water partition coefficient (Wildman–Crippen LogP) is 4.26. The minimum atomic E-state index is -0.883. The molecule has 0 saturated heterocycles. The van der Waals surface area contributed by atoms with E-state index in [4.69, 9.17) is 0 Å². The van der Waals surface area contributed by atoms with E-state index in [-0.39, 0.29) is 0 Å². The summed E-state index contributed by atoms with van der Waals surface area (Å²) >= 11 is 0. The van der Waals surface area contributed by atoms with Crippen LogP contribution in [0.2, 0.25) is 0 Å². The third-order valence-corrected chi connectivity index (χ3v) is 2.86. The number of hydrogen-bond acceptors (Lipinski definition) is 1. The molecule has 1 N–H and O–H groups in total. The first-order chi connectivity index (χ1) is 9.75. The molecule has 2 rings (SSSR count). The van der Waals surface area contributed by atoms with Crippen LogP contribution in [0.5, 0.6) is 0 Å². The summed E-state index contributed by atoms with van der Waals surface area (Å²) in [5.41, 5.74) is 2.35. The van der Waals surface area contributed by atoms with Crippen LogP contribution in [0.3, 0.4) is 0 Å². The third-order valence-electron chi connectivity index (χ3n) is 2.86. The summed E-state index contributed by atoms with van der Waals surface area (Å²) in [6, 6.07) is 19.3. The lowest BCUT2D eigenvalue weighted by Crippen LogP contribution is -1.99. The van der Waals surface area contributed by atoms with Crippen LogP contribution in [-0.4, -0.2) is 11.1 Å². The van der Waals surface area contributed by atoms with Crippen LogP contribution in [0.15, 0.2) is 72.3 Å². The van der Waals surface area contributed by atoms with Gasteiger partial charge in [-0.05, 0) is 23.6 Å². The number of aliphatic carboxylic acids is 1. The quantitative estimate of drug-likeness (QED) is 0.819. The van der Waals surface area contributed by atoms with Crippen LogP contribution in [-0.2, 0) is 4.79 Å². The smallest absolute Gasteiger partial charge is 0.331 e. The van der Waals surface area contributed by atoms with E-state index in [9.17, 15) is 9.90 Å². The molecule has 0 atom stereocenters. The van der Waals surface area contributed by atoms with Gasteiger partial charge in [0.1, 0.15) is 0 Å². The van der Waals surface area contributed by atoms with Crippen LogP contribution < -0.4 is 0 Å². The van der Waals surface area contributed by atoms with Gasteiger partial charge in [0.15, 0.2) is 0 Å². The number of carboxylic acid groups (broad SMARTS) is 1. The van der Waals surface area contributed by atoms with Crippen molar-refractivity contribution in [2.24, 2.45) is 0 Å². The van der Waals surface area contributed by atoms with Crippen molar-refractivity contribution in [2.45, 2.75) is 6.42 Å². The number of rotatable bonds is 5. The molecule has 0 radical (unpaired) electrons. The Kier molecular flexibility index (Phi) is 4.90. The van der Waals surface area contributed by atoms with Crippen LogP contribution in [0.4, 0.5) is 0 Å². The van der Waals surface area contributed by atoms with E-state index in [0.717, 1.165) is 11.1 Å². The van der Waals surface area contributed by atoms with Gasteiger partial charge in [0.25, 0.3) is 0 Å². The monoisotopic (exact) mass is 264 g/mol. The van der Waals surface area contributed by atoms with Gasteiger partial charge in [-0.25, -0.2) is 4.79 Å². The standard InChI is InChI=1S/C18H16O2/c19-18(20)17(14-16-10-5-2-6-11-16)13-7-12-15-8-3-1-4-9-15/h1-12,14H,13H2,(H,19,20). The highest BCUT2D eigenvalue weighted by molar-refractivity contribution is 5.92. The summed E-state index contributed by atoms with van der Waals surface area (Å²) < 4.78 is 0. The first kappa shape index (κ1) is 13.8. The Hall–Kier alpha value is -2.61. The predicted molar refractivity (Wildman–Crippen MR) is 82.1 cm³/mol. The zero-order valence-corrected chi connectivity index (χ0v) is 11.1. The fourth-order valence-corrected chi connectivity index (χ4v) is 1.84. The largest absolute Gasteiger partial charge is 0.478 e. The number of benzene rings is 2. The fraction of sp³-hybridized carbons (Fsp3) is 0.0556. The van der Waals surface area contributed by atoms with Crippen LogP contribution in [0.1, 0.15) is 17.5 Å². The van der Waals surface area contributed by atoms with Crippen LogP contribution in [0, 0.1) is 0 Å². The maximum absolute atomic E-state index is 11.2. The SMILES string of the molecule is O=C(O)C(=Cc1ccccc1)CC=Cc1ccccc1. The Morgan fingerprint density at radius 3 is 2.00 bits per heavy atom. The Morgan fingerprint density at radius 1 is 0.900 bits per heavy atom. The molecule has 100 valence electrons. The second kappa shape index (κ2) is 7.10. The van der Waals surface area contributed by atoms with E-state index in [0.29, 0.717) is 12.0 Å². The van der Waals surface area contributed by atoms with Crippen molar-refractivity contribution in [3.63, 3.8) is 0 Å². The van der Waals surface area contributed by atoms with E-state index >= 15 is 0 Å². The summed E-state index contributed by atoms with van der Waals surface area (Å²) in [5.74, 6) is -0.883. The van der Waals surface area contributed by atoms with Crippen LogP contribution in [0.25, 0.3) is 12.2 Å². The molecule has 0 aliphatic heterocycles. The number of allylic oxidation sites excluding steroid dienone is 1. The summed E-state index contributed by atoms with van der Waals surface area (Å²) in [6.45, 7) is 0. The van der Waals surface area contributed by atoms with Crippen LogP contribution >= 0.6 is 0 Å². The van der Waals surface area contributed by atoms with Gasteiger partial charge < -0.3 is 5.11 Å². The summed E-state index contributed by atoms with van der Waals surface area (Å²) in [6.07, 6.45) is 5.91. The van der Waals surface area contributed by atoms with E-state index in [1.165, 1.54) is 0 Å². The summed E-state index contributed by atoms with van der Waals surface area (Å²) in [4.78, 5) is 11.2. The maximum Gasteiger partial charge on any atom is 0.331 e. The molecule has 2 aromatic carbocycles.